The fourth-order valence-corrected chi connectivity index (χ4v) is 3.94. The smallest absolute Gasteiger partial charge is 0.251 e. The van der Waals surface area contributed by atoms with Crippen LogP contribution in [0.5, 0.6) is 0 Å². The summed E-state index contributed by atoms with van der Waals surface area (Å²) < 4.78 is 0. The normalized spacial score (nSPS) is 15.6. The third-order valence-electron chi connectivity index (χ3n) is 5.69. The molecule has 2 amide bonds. The number of hydrogen-bond acceptors (Lipinski definition) is 3. The van der Waals surface area contributed by atoms with Crippen LogP contribution < -0.4 is 10.2 Å². The van der Waals surface area contributed by atoms with Gasteiger partial charge in [0.1, 0.15) is 0 Å². The summed E-state index contributed by atoms with van der Waals surface area (Å²) in [6.07, 6.45) is 3.90. The number of carbonyl (C=O) groups excluding carboxylic acids is 2. The van der Waals surface area contributed by atoms with Gasteiger partial charge in [-0.25, -0.2) is 0 Å². The Morgan fingerprint density at radius 3 is 2.57 bits per heavy atom. The van der Waals surface area contributed by atoms with E-state index in [4.69, 9.17) is 0 Å². The zero-order valence-corrected chi connectivity index (χ0v) is 16.4. The fourth-order valence-electron chi connectivity index (χ4n) is 3.94. The average Bonchev–Trinajstić information content (AvgIpc) is 3.49. The number of anilines is 1. The first-order valence-electron chi connectivity index (χ1n) is 10.1. The molecule has 0 aromatic heterocycles. The highest BCUT2D eigenvalue weighted by molar-refractivity contribution is 5.95. The number of nitrogens with zero attached hydrogens (tertiary/aromatic N) is 2. The van der Waals surface area contributed by atoms with E-state index in [-0.39, 0.29) is 11.8 Å². The molecule has 0 saturated heterocycles. The minimum atomic E-state index is -0.0675. The van der Waals surface area contributed by atoms with E-state index in [0.717, 1.165) is 31.7 Å². The maximum Gasteiger partial charge on any atom is 0.251 e. The molecule has 146 valence electrons. The molecule has 1 fully saturated rings. The molecule has 2 aliphatic rings. The van der Waals surface area contributed by atoms with Crippen molar-refractivity contribution in [2.45, 2.75) is 38.3 Å². The molecule has 2 aromatic rings. The van der Waals surface area contributed by atoms with Crippen LogP contribution in [0.2, 0.25) is 0 Å². The minimum Gasteiger partial charge on any atom is -0.355 e. The molecular formula is C23H27N3O2. The molecule has 5 nitrogen and oxygen atoms in total. The molecule has 28 heavy (non-hydrogen) atoms. The van der Waals surface area contributed by atoms with Crippen molar-refractivity contribution >= 4 is 17.5 Å². The topological polar surface area (TPSA) is 52.7 Å². The van der Waals surface area contributed by atoms with Crippen molar-refractivity contribution < 1.29 is 9.59 Å². The molecule has 0 atom stereocenters. The highest BCUT2D eigenvalue weighted by Gasteiger charge is 2.30. The Balaban J connectivity index is 1.36. The van der Waals surface area contributed by atoms with Crippen LogP contribution in [0, 0.1) is 0 Å². The number of para-hydroxylation sites is 1. The van der Waals surface area contributed by atoms with Gasteiger partial charge in [0.25, 0.3) is 5.91 Å². The van der Waals surface area contributed by atoms with Crippen LogP contribution in [-0.4, -0.2) is 42.9 Å². The van der Waals surface area contributed by atoms with Crippen LogP contribution >= 0.6 is 0 Å². The van der Waals surface area contributed by atoms with Gasteiger partial charge in [-0.3, -0.25) is 14.5 Å². The van der Waals surface area contributed by atoms with Crippen molar-refractivity contribution in [3.05, 3.63) is 65.2 Å². The van der Waals surface area contributed by atoms with Crippen molar-refractivity contribution in [3.63, 3.8) is 0 Å². The number of nitrogens with one attached hydrogen (secondary N) is 1. The fraction of sp³-hybridized carbons (Fsp3) is 0.391. The molecule has 0 bridgehead atoms. The summed E-state index contributed by atoms with van der Waals surface area (Å²) in [5.41, 5.74) is 4.20. The largest absolute Gasteiger partial charge is 0.355 e. The SMILES string of the molecule is CNC(=O)c1ccc(CN(CCC(=O)N2CCc3ccccc32)C2CC2)cc1. The lowest BCUT2D eigenvalue weighted by Crippen LogP contribution is -2.34. The zero-order chi connectivity index (χ0) is 19.5. The molecule has 5 heteroatoms. The van der Waals surface area contributed by atoms with Crippen LogP contribution in [0.4, 0.5) is 5.69 Å². The van der Waals surface area contributed by atoms with Crippen LogP contribution in [0.15, 0.2) is 48.5 Å². The Labute approximate surface area is 166 Å². The third kappa shape index (κ3) is 4.09. The highest BCUT2D eigenvalue weighted by Crippen LogP contribution is 2.30. The van der Waals surface area contributed by atoms with E-state index >= 15 is 0 Å². The number of amides is 2. The monoisotopic (exact) mass is 377 g/mol. The van der Waals surface area contributed by atoms with E-state index in [0.29, 0.717) is 18.0 Å². The molecule has 1 aliphatic carbocycles. The average molecular weight is 377 g/mol. The van der Waals surface area contributed by atoms with Crippen LogP contribution in [0.25, 0.3) is 0 Å². The van der Waals surface area contributed by atoms with Gasteiger partial charge in [-0.15, -0.1) is 0 Å². The van der Waals surface area contributed by atoms with Gasteiger partial charge in [0, 0.05) is 50.4 Å². The van der Waals surface area contributed by atoms with Crippen LogP contribution in [0.3, 0.4) is 0 Å². The number of benzene rings is 2. The molecule has 4 rings (SSSR count). The van der Waals surface area contributed by atoms with E-state index in [1.54, 1.807) is 7.05 Å². The number of carbonyl (C=O) groups is 2. The Hall–Kier alpha value is -2.66. The quantitative estimate of drug-likeness (QED) is 0.807. The predicted molar refractivity (Wildman–Crippen MR) is 110 cm³/mol. The second-order valence-corrected chi connectivity index (χ2v) is 7.65. The van der Waals surface area contributed by atoms with Gasteiger partial charge in [0.05, 0.1) is 0 Å². The van der Waals surface area contributed by atoms with Gasteiger partial charge in [0.2, 0.25) is 5.91 Å². The number of fused-ring (bicyclic) bond motifs is 1. The van der Waals surface area contributed by atoms with E-state index in [1.807, 2.05) is 47.4 Å². The molecule has 1 heterocycles. The van der Waals surface area contributed by atoms with E-state index in [9.17, 15) is 9.59 Å². The number of hydrogen-bond donors (Lipinski definition) is 1. The zero-order valence-electron chi connectivity index (χ0n) is 16.4. The molecule has 2 aromatic carbocycles. The van der Waals surface area contributed by atoms with Gasteiger partial charge >= 0.3 is 0 Å². The Morgan fingerprint density at radius 2 is 1.86 bits per heavy atom. The van der Waals surface area contributed by atoms with Crippen molar-refractivity contribution in [1.82, 2.24) is 10.2 Å². The summed E-state index contributed by atoms with van der Waals surface area (Å²) >= 11 is 0. The maximum absolute atomic E-state index is 12.8. The number of rotatable bonds is 7. The van der Waals surface area contributed by atoms with Crippen molar-refractivity contribution in [2.75, 3.05) is 25.0 Å². The van der Waals surface area contributed by atoms with Crippen LogP contribution in [-0.2, 0) is 17.8 Å². The maximum atomic E-state index is 12.8. The molecule has 1 N–H and O–H groups in total. The van der Waals surface area contributed by atoms with Crippen molar-refractivity contribution in [3.8, 4) is 0 Å². The molecule has 1 saturated carbocycles. The Morgan fingerprint density at radius 1 is 1.11 bits per heavy atom. The predicted octanol–water partition coefficient (Wildman–Crippen LogP) is 2.99. The first-order valence-corrected chi connectivity index (χ1v) is 10.1. The summed E-state index contributed by atoms with van der Waals surface area (Å²) in [5.74, 6) is 0.146. The summed E-state index contributed by atoms with van der Waals surface area (Å²) in [7, 11) is 1.64. The van der Waals surface area contributed by atoms with Gasteiger partial charge in [-0.05, 0) is 48.6 Å². The highest BCUT2D eigenvalue weighted by atomic mass is 16.2. The molecular weight excluding hydrogens is 350 g/mol. The third-order valence-corrected chi connectivity index (χ3v) is 5.69. The first-order chi connectivity index (χ1) is 13.7. The second kappa shape index (κ2) is 8.15. The lowest BCUT2D eigenvalue weighted by atomic mass is 10.1. The van der Waals surface area contributed by atoms with Gasteiger partial charge in [-0.2, -0.15) is 0 Å². The molecule has 0 radical (unpaired) electrons. The lowest BCUT2D eigenvalue weighted by molar-refractivity contribution is -0.118. The lowest BCUT2D eigenvalue weighted by Gasteiger charge is -2.24. The van der Waals surface area contributed by atoms with E-state index in [1.165, 1.54) is 24.0 Å². The van der Waals surface area contributed by atoms with E-state index in [2.05, 4.69) is 16.3 Å². The standard InChI is InChI=1S/C23H27N3O2/c1-24-23(28)19-8-6-17(7-9-19)16-25(20-10-11-20)14-13-22(27)26-15-12-18-4-2-3-5-21(18)26/h2-9,20H,10-16H2,1H3,(H,24,28). The molecule has 1 aliphatic heterocycles. The molecule has 0 unspecified atom stereocenters. The Kier molecular flexibility index (Phi) is 5.44. The second-order valence-electron chi connectivity index (χ2n) is 7.65. The van der Waals surface area contributed by atoms with Gasteiger partial charge < -0.3 is 10.2 Å². The van der Waals surface area contributed by atoms with Crippen molar-refractivity contribution in [1.29, 1.82) is 0 Å². The Bertz CT molecular complexity index is 858. The summed E-state index contributed by atoms with van der Waals surface area (Å²) in [4.78, 5) is 28.9. The van der Waals surface area contributed by atoms with Gasteiger partial charge in [0.15, 0.2) is 0 Å². The van der Waals surface area contributed by atoms with Gasteiger partial charge in [-0.1, -0.05) is 30.3 Å². The van der Waals surface area contributed by atoms with E-state index < -0.39 is 0 Å². The summed E-state index contributed by atoms with van der Waals surface area (Å²) in [6, 6.07) is 16.5. The van der Waals surface area contributed by atoms with Crippen molar-refractivity contribution in [2.24, 2.45) is 0 Å². The molecule has 0 spiro atoms. The minimum absolute atomic E-state index is 0.0675. The first kappa shape index (κ1) is 18.7. The summed E-state index contributed by atoms with van der Waals surface area (Å²) in [5, 5.41) is 2.64. The summed E-state index contributed by atoms with van der Waals surface area (Å²) in [6.45, 7) is 2.39. The van der Waals surface area contributed by atoms with Crippen LogP contribution in [0.1, 0.15) is 40.7 Å².